The molecule has 2 aromatic rings. The number of carboxylic acids is 1. The number of carboxylic acid groups (broad SMARTS) is 1. The van der Waals surface area contributed by atoms with E-state index in [1.807, 2.05) is 24.3 Å². The number of carbonyl (C=O) groups is 4. The maximum absolute atomic E-state index is 14.2. The molecule has 0 bridgehead atoms. The summed E-state index contributed by atoms with van der Waals surface area (Å²) in [7, 11) is 0. The fourth-order valence-electron chi connectivity index (χ4n) is 6.63. The predicted octanol–water partition coefficient (Wildman–Crippen LogP) is 4.26. The molecule has 3 amide bonds. The maximum Gasteiger partial charge on any atom is 0.408 e. The van der Waals surface area contributed by atoms with Crippen molar-refractivity contribution in [1.29, 1.82) is 0 Å². The van der Waals surface area contributed by atoms with Crippen molar-refractivity contribution >= 4 is 23.9 Å². The number of amides is 3. The van der Waals surface area contributed by atoms with Crippen LogP contribution >= 0.6 is 0 Å². The van der Waals surface area contributed by atoms with Crippen LogP contribution in [-0.2, 0) is 19.1 Å². The molecule has 5 atom stereocenters. The lowest BCUT2D eigenvalue weighted by Crippen LogP contribution is -2.56. The molecule has 0 spiro atoms. The summed E-state index contributed by atoms with van der Waals surface area (Å²) in [5.41, 5.74) is -1.38. The Balaban J connectivity index is 1.39. The largest absolute Gasteiger partial charge is 0.494 e. The molecular weight excluding hydrogens is 618 g/mol. The van der Waals surface area contributed by atoms with Crippen LogP contribution in [0.2, 0.25) is 0 Å². The Morgan fingerprint density at radius 2 is 1.79 bits per heavy atom. The normalized spacial score (nSPS) is 26.7. The number of unbranched alkanes of at least 4 members (excludes halogenated alkanes) is 1. The molecule has 3 aliphatic rings. The van der Waals surface area contributed by atoms with Crippen LogP contribution in [0.4, 0.5) is 4.79 Å². The van der Waals surface area contributed by atoms with E-state index in [1.54, 1.807) is 20.8 Å². The average Bonchev–Trinajstić information content (AvgIpc) is 3.34. The van der Waals surface area contributed by atoms with Gasteiger partial charge in [0.1, 0.15) is 29.0 Å². The first-order chi connectivity index (χ1) is 22.9. The van der Waals surface area contributed by atoms with Crippen LogP contribution in [0, 0.1) is 5.92 Å². The van der Waals surface area contributed by atoms with Crippen LogP contribution < -0.4 is 15.4 Å². The number of tetrazole rings is 1. The van der Waals surface area contributed by atoms with Crippen molar-refractivity contribution in [3.05, 3.63) is 24.3 Å². The molecular formula is C34H49N7O7. The summed E-state index contributed by atoms with van der Waals surface area (Å²) in [4.78, 5) is 56.2. The number of fused-ring (bicyclic) bond motifs is 2. The van der Waals surface area contributed by atoms with Gasteiger partial charge in [-0.1, -0.05) is 45.4 Å². The number of aromatic nitrogens is 4. The Bertz CT molecular complexity index is 1460. The van der Waals surface area contributed by atoms with Crippen LogP contribution in [0.5, 0.6) is 5.75 Å². The van der Waals surface area contributed by atoms with E-state index in [0.717, 1.165) is 49.8 Å². The molecule has 262 valence electrons. The van der Waals surface area contributed by atoms with Gasteiger partial charge in [0.15, 0.2) is 0 Å². The van der Waals surface area contributed by atoms with Gasteiger partial charge in [-0.15, -0.1) is 10.2 Å². The van der Waals surface area contributed by atoms with E-state index in [0.29, 0.717) is 38.1 Å². The quantitative estimate of drug-likeness (QED) is 0.345. The molecule has 48 heavy (non-hydrogen) atoms. The van der Waals surface area contributed by atoms with E-state index in [-0.39, 0.29) is 18.9 Å². The molecule has 0 radical (unpaired) electrons. The van der Waals surface area contributed by atoms with Crippen molar-refractivity contribution in [2.75, 3.05) is 13.2 Å². The zero-order valence-corrected chi connectivity index (χ0v) is 28.4. The molecule has 3 N–H and O–H groups in total. The molecule has 1 aliphatic carbocycles. The highest BCUT2D eigenvalue weighted by Crippen LogP contribution is 2.47. The SMILES string of the molecule is CCCCOc1ccc(-c2nnn([C@H]3C[C@H]4C(=O)N[C@@]5(C(=O)O)C[C@H]5CCCCCCC[C@H](NC(=O)OC(C)(C)C)C(=O)N4C3)n2)cc1. The highest BCUT2D eigenvalue weighted by atomic mass is 16.6. The molecule has 14 heteroatoms. The van der Waals surface area contributed by atoms with Gasteiger partial charge in [0.2, 0.25) is 17.6 Å². The number of alkyl carbamates (subject to hydrolysis) is 1. The Hall–Kier alpha value is -4.23. The first-order valence-corrected chi connectivity index (χ1v) is 17.3. The lowest BCUT2D eigenvalue weighted by molar-refractivity contribution is -0.146. The molecule has 1 saturated carbocycles. The third kappa shape index (κ3) is 8.43. The zero-order valence-electron chi connectivity index (χ0n) is 28.4. The summed E-state index contributed by atoms with van der Waals surface area (Å²) >= 11 is 0. The minimum absolute atomic E-state index is 0.0763. The number of carbonyl (C=O) groups excluding carboxylic acids is 3. The molecule has 3 fully saturated rings. The summed E-state index contributed by atoms with van der Waals surface area (Å²) in [5, 5.41) is 28.8. The van der Waals surface area contributed by atoms with Gasteiger partial charge in [-0.05, 0) is 81.9 Å². The Kier molecular flexibility index (Phi) is 10.9. The number of rotatable bonds is 8. The van der Waals surface area contributed by atoms with Crippen molar-refractivity contribution in [1.82, 2.24) is 35.7 Å². The summed E-state index contributed by atoms with van der Waals surface area (Å²) in [6.07, 6.45) is 7.15. The summed E-state index contributed by atoms with van der Waals surface area (Å²) in [5.74, 6) is -1.07. The molecule has 1 aromatic heterocycles. The van der Waals surface area contributed by atoms with Crippen molar-refractivity contribution < 1.29 is 33.8 Å². The Labute approximate surface area is 281 Å². The first kappa shape index (κ1) is 35.1. The van der Waals surface area contributed by atoms with Gasteiger partial charge in [0, 0.05) is 18.5 Å². The Morgan fingerprint density at radius 1 is 1.08 bits per heavy atom. The van der Waals surface area contributed by atoms with E-state index >= 15 is 0 Å². The Morgan fingerprint density at radius 3 is 2.48 bits per heavy atom. The van der Waals surface area contributed by atoms with E-state index in [9.17, 15) is 24.3 Å². The van der Waals surface area contributed by atoms with Crippen molar-refractivity contribution in [2.24, 2.45) is 5.92 Å². The van der Waals surface area contributed by atoms with Crippen LogP contribution in [0.3, 0.4) is 0 Å². The smallest absolute Gasteiger partial charge is 0.408 e. The number of ether oxygens (including phenoxy) is 2. The summed E-state index contributed by atoms with van der Waals surface area (Å²) < 4.78 is 11.2. The highest BCUT2D eigenvalue weighted by molar-refractivity contribution is 5.95. The second kappa shape index (κ2) is 14.9. The number of hydrogen-bond donors (Lipinski definition) is 3. The number of aliphatic carboxylic acids is 1. The maximum atomic E-state index is 14.2. The molecule has 2 saturated heterocycles. The third-order valence-corrected chi connectivity index (χ3v) is 9.37. The van der Waals surface area contributed by atoms with Crippen LogP contribution in [0.1, 0.15) is 104 Å². The van der Waals surface area contributed by atoms with Crippen LogP contribution in [0.25, 0.3) is 11.4 Å². The van der Waals surface area contributed by atoms with Crippen molar-refractivity contribution in [3.63, 3.8) is 0 Å². The van der Waals surface area contributed by atoms with Crippen LogP contribution in [0.15, 0.2) is 24.3 Å². The molecule has 2 aliphatic heterocycles. The standard InChI is InChI=1S/C34H49N7O7/c1-5-6-18-47-25-16-14-22(15-17-25)28-37-39-41(38-28)24-19-27-29(42)36-34(31(44)45)20-23(34)12-10-8-7-9-11-13-26(30(43)40(27)21-24)35-32(46)48-33(2,3)4/h14-17,23-24,26-27H,5-13,18-21H2,1-4H3,(H,35,46)(H,36,42)(H,44,45)/t23-,24+,26+,27+,34+/m1/s1. The molecule has 0 unspecified atom stereocenters. The fraction of sp³-hybridized carbons (Fsp3) is 0.676. The van der Waals surface area contributed by atoms with E-state index in [1.165, 1.54) is 9.70 Å². The second-order valence-corrected chi connectivity index (χ2v) is 14.3. The molecule has 5 rings (SSSR count). The average molecular weight is 668 g/mol. The van der Waals surface area contributed by atoms with Gasteiger partial charge in [0.05, 0.1) is 12.6 Å². The van der Waals surface area contributed by atoms with Crippen molar-refractivity contribution in [2.45, 2.75) is 128 Å². The minimum atomic E-state index is -1.34. The van der Waals surface area contributed by atoms with Gasteiger partial charge in [-0.25, -0.2) is 9.59 Å². The first-order valence-electron chi connectivity index (χ1n) is 17.3. The summed E-state index contributed by atoms with van der Waals surface area (Å²) in [6.45, 7) is 8.05. The fourth-order valence-corrected chi connectivity index (χ4v) is 6.63. The van der Waals surface area contributed by atoms with Gasteiger partial charge in [-0.3, -0.25) is 9.59 Å². The van der Waals surface area contributed by atoms with Gasteiger partial charge in [-0.2, -0.15) is 4.80 Å². The van der Waals surface area contributed by atoms with E-state index < -0.39 is 53.1 Å². The van der Waals surface area contributed by atoms with E-state index in [4.69, 9.17) is 9.47 Å². The molecule has 14 nitrogen and oxygen atoms in total. The van der Waals surface area contributed by atoms with Gasteiger partial charge >= 0.3 is 12.1 Å². The zero-order chi connectivity index (χ0) is 34.5. The van der Waals surface area contributed by atoms with Gasteiger partial charge in [0.25, 0.3) is 0 Å². The number of benzene rings is 1. The number of hydrogen-bond acceptors (Lipinski definition) is 9. The van der Waals surface area contributed by atoms with Crippen molar-refractivity contribution in [3.8, 4) is 17.1 Å². The highest BCUT2D eigenvalue weighted by Gasteiger charge is 2.62. The second-order valence-electron chi connectivity index (χ2n) is 14.3. The topological polar surface area (TPSA) is 178 Å². The predicted molar refractivity (Wildman–Crippen MR) is 175 cm³/mol. The molecule has 3 heterocycles. The summed E-state index contributed by atoms with van der Waals surface area (Å²) in [6, 6.07) is 4.95. The lowest BCUT2D eigenvalue weighted by Gasteiger charge is -2.30. The number of nitrogens with zero attached hydrogens (tertiary/aromatic N) is 5. The monoisotopic (exact) mass is 667 g/mol. The van der Waals surface area contributed by atoms with Gasteiger partial charge < -0.3 is 30.1 Å². The minimum Gasteiger partial charge on any atom is -0.494 e. The lowest BCUT2D eigenvalue weighted by atomic mass is 10.0. The van der Waals surface area contributed by atoms with E-state index in [2.05, 4.69) is 33.0 Å². The molecule has 1 aromatic carbocycles. The number of nitrogens with one attached hydrogen (secondary N) is 2. The van der Waals surface area contributed by atoms with Crippen LogP contribution in [-0.4, -0.2) is 90.5 Å². The third-order valence-electron chi connectivity index (χ3n) is 9.37.